The molecule has 2 aromatic heterocycles. The number of aromatic nitrogens is 3. The van der Waals surface area contributed by atoms with Crippen molar-refractivity contribution in [3.63, 3.8) is 0 Å². The maximum Gasteiger partial charge on any atom is 0.333 e. The minimum absolute atomic E-state index is 0.0855. The summed E-state index contributed by atoms with van der Waals surface area (Å²) in [6, 6.07) is 6.56. The number of hydrogen-bond acceptors (Lipinski definition) is 5. The topological polar surface area (TPSA) is 80.4 Å². The van der Waals surface area contributed by atoms with Gasteiger partial charge in [0, 0.05) is 50.5 Å². The van der Waals surface area contributed by atoms with Crippen LogP contribution in [0.5, 0.6) is 0 Å². The van der Waals surface area contributed by atoms with E-state index in [0.29, 0.717) is 37.7 Å². The minimum atomic E-state index is -0.289. The fourth-order valence-corrected chi connectivity index (χ4v) is 3.76. The highest BCUT2D eigenvalue weighted by Crippen LogP contribution is 2.18. The molecule has 0 N–H and O–H groups in total. The molecule has 0 unspecified atom stereocenters. The van der Waals surface area contributed by atoms with E-state index in [1.54, 1.807) is 39.9 Å². The number of anilines is 1. The van der Waals surface area contributed by atoms with Crippen molar-refractivity contribution in [1.82, 2.24) is 19.0 Å². The summed E-state index contributed by atoms with van der Waals surface area (Å²) < 4.78 is 2.97. The Bertz CT molecular complexity index is 978. The zero-order valence-corrected chi connectivity index (χ0v) is 17.5. The average Bonchev–Trinajstić information content (AvgIpc) is 2.93. The van der Waals surface area contributed by atoms with Crippen LogP contribution in [-0.2, 0) is 0 Å². The van der Waals surface area contributed by atoms with Crippen molar-refractivity contribution in [1.29, 1.82) is 0 Å². The lowest BCUT2D eigenvalue weighted by Crippen LogP contribution is -2.45. The van der Waals surface area contributed by atoms with Crippen molar-refractivity contribution in [3.8, 4) is 0 Å². The molecular formula is C21H29N5O3. The first-order valence-electron chi connectivity index (χ1n) is 10.1. The van der Waals surface area contributed by atoms with Gasteiger partial charge in [-0.25, -0.2) is 4.79 Å². The molecule has 0 aromatic carbocycles. The number of pyridine rings is 1. The molecule has 3 heterocycles. The molecule has 1 fully saturated rings. The molecule has 0 atom stereocenters. The quantitative estimate of drug-likeness (QED) is 0.785. The zero-order valence-electron chi connectivity index (χ0n) is 17.5. The van der Waals surface area contributed by atoms with E-state index in [2.05, 4.69) is 4.98 Å². The lowest BCUT2D eigenvalue weighted by Gasteiger charge is -2.28. The summed E-state index contributed by atoms with van der Waals surface area (Å²) in [5.41, 5.74) is -0.148. The Kier molecular flexibility index (Phi) is 6.20. The fourth-order valence-electron chi connectivity index (χ4n) is 3.76. The highest BCUT2D eigenvalue weighted by molar-refractivity contribution is 5.92. The van der Waals surface area contributed by atoms with Gasteiger partial charge in [0.2, 0.25) is 0 Å². The standard InChI is InChI=1S/C21H29N5O3/c1-15(2)25-18(14-19(27)26(16(3)4)21(25)29)23-10-7-11-24(13-12-23)20(28)17-8-5-6-9-22-17/h5-6,8-9,14-16H,7,10-13H2,1-4H3. The lowest BCUT2D eigenvalue weighted by molar-refractivity contribution is 0.0761. The van der Waals surface area contributed by atoms with Gasteiger partial charge in [0.15, 0.2) is 0 Å². The van der Waals surface area contributed by atoms with Crippen LogP contribution in [0.2, 0.25) is 0 Å². The predicted molar refractivity (Wildman–Crippen MR) is 113 cm³/mol. The summed E-state index contributed by atoms with van der Waals surface area (Å²) in [4.78, 5) is 46.3. The summed E-state index contributed by atoms with van der Waals surface area (Å²) in [6.45, 7) is 9.89. The maximum atomic E-state index is 13.0. The van der Waals surface area contributed by atoms with Crippen LogP contribution in [0, 0.1) is 0 Å². The van der Waals surface area contributed by atoms with E-state index >= 15 is 0 Å². The number of hydrogen-bond donors (Lipinski definition) is 0. The third-order valence-corrected chi connectivity index (χ3v) is 5.17. The van der Waals surface area contributed by atoms with Gasteiger partial charge in [0.05, 0.1) is 0 Å². The molecule has 2 aromatic rings. The second-order valence-corrected chi connectivity index (χ2v) is 7.90. The van der Waals surface area contributed by atoms with Crippen molar-refractivity contribution < 1.29 is 4.79 Å². The second-order valence-electron chi connectivity index (χ2n) is 7.90. The molecule has 8 nitrogen and oxygen atoms in total. The van der Waals surface area contributed by atoms with Gasteiger partial charge in [-0.1, -0.05) is 6.07 Å². The average molecular weight is 399 g/mol. The zero-order chi connectivity index (χ0) is 21.1. The van der Waals surface area contributed by atoms with Crippen LogP contribution in [0.4, 0.5) is 5.82 Å². The normalized spacial score (nSPS) is 15.1. The SMILES string of the molecule is CC(C)n1c(N2CCCN(C(=O)c3ccccn3)CC2)cc(=O)n(C(C)C)c1=O. The van der Waals surface area contributed by atoms with Gasteiger partial charge in [0.1, 0.15) is 11.5 Å². The Morgan fingerprint density at radius 3 is 2.31 bits per heavy atom. The Balaban J connectivity index is 1.90. The van der Waals surface area contributed by atoms with Crippen LogP contribution in [0.15, 0.2) is 40.1 Å². The molecule has 0 bridgehead atoms. The maximum absolute atomic E-state index is 13.0. The van der Waals surface area contributed by atoms with E-state index in [1.165, 1.54) is 4.57 Å². The van der Waals surface area contributed by atoms with Crippen molar-refractivity contribution in [2.24, 2.45) is 0 Å². The Morgan fingerprint density at radius 2 is 1.69 bits per heavy atom. The number of carbonyl (C=O) groups excluding carboxylic acids is 1. The van der Waals surface area contributed by atoms with E-state index < -0.39 is 0 Å². The van der Waals surface area contributed by atoms with Crippen molar-refractivity contribution in [2.75, 3.05) is 31.1 Å². The van der Waals surface area contributed by atoms with Gasteiger partial charge in [-0.2, -0.15) is 0 Å². The molecule has 156 valence electrons. The molecule has 29 heavy (non-hydrogen) atoms. The van der Waals surface area contributed by atoms with Gasteiger partial charge in [0.25, 0.3) is 11.5 Å². The number of amides is 1. The number of nitrogens with zero attached hydrogens (tertiary/aromatic N) is 5. The van der Waals surface area contributed by atoms with Crippen LogP contribution in [0.3, 0.4) is 0 Å². The van der Waals surface area contributed by atoms with Gasteiger partial charge in [-0.15, -0.1) is 0 Å². The summed E-state index contributed by atoms with van der Waals surface area (Å²) in [5, 5.41) is 0. The van der Waals surface area contributed by atoms with Crippen LogP contribution in [0.25, 0.3) is 0 Å². The molecule has 1 saturated heterocycles. The highest BCUT2D eigenvalue weighted by atomic mass is 16.2. The summed E-state index contributed by atoms with van der Waals surface area (Å²) in [6.07, 6.45) is 2.36. The molecule has 1 aliphatic rings. The summed E-state index contributed by atoms with van der Waals surface area (Å²) >= 11 is 0. The largest absolute Gasteiger partial charge is 0.356 e. The van der Waals surface area contributed by atoms with E-state index in [1.807, 2.05) is 32.6 Å². The van der Waals surface area contributed by atoms with Crippen LogP contribution >= 0.6 is 0 Å². The summed E-state index contributed by atoms with van der Waals surface area (Å²) in [5.74, 6) is 0.531. The molecule has 0 radical (unpaired) electrons. The van der Waals surface area contributed by atoms with E-state index in [9.17, 15) is 14.4 Å². The third kappa shape index (κ3) is 4.26. The first kappa shape index (κ1) is 20.8. The molecule has 0 saturated carbocycles. The highest BCUT2D eigenvalue weighted by Gasteiger charge is 2.24. The van der Waals surface area contributed by atoms with Gasteiger partial charge >= 0.3 is 5.69 Å². The second kappa shape index (κ2) is 8.63. The first-order chi connectivity index (χ1) is 13.8. The molecule has 8 heteroatoms. The first-order valence-corrected chi connectivity index (χ1v) is 10.1. The fraction of sp³-hybridized carbons (Fsp3) is 0.524. The molecule has 1 amide bonds. The third-order valence-electron chi connectivity index (χ3n) is 5.17. The monoisotopic (exact) mass is 399 g/mol. The Labute approximate surface area is 170 Å². The number of carbonyl (C=O) groups is 1. The lowest BCUT2D eigenvalue weighted by atomic mass is 10.3. The summed E-state index contributed by atoms with van der Waals surface area (Å²) in [7, 11) is 0. The molecule has 0 spiro atoms. The Morgan fingerprint density at radius 1 is 0.966 bits per heavy atom. The van der Waals surface area contributed by atoms with Gasteiger partial charge < -0.3 is 9.80 Å². The van der Waals surface area contributed by atoms with Crippen LogP contribution < -0.4 is 16.1 Å². The molecule has 3 rings (SSSR count). The van der Waals surface area contributed by atoms with E-state index in [0.717, 1.165) is 6.42 Å². The Hall–Kier alpha value is -2.90. The molecule has 0 aliphatic carbocycles. The van der Waals surface area contributed by atoms with Crippen LogP contribution in [0.1, 0.15) is 56.7 Å². The van der Waals surface area contributed by atoms with Crippen molar-refractivity contribution in [2.45, 2.75) is 46.2 Å². The number of rotatable bonds is 4. The predicted octanol–water partition coefficient (Wildman–Crippen LogP) is 1.92. The molecular weight excluding hydrogens is 370 g/mol. The molecule has 1 aliphatic heterocycles. The van der Waals surface area contributed by atoms with E-state index in [-0.39, 0.29) is 29.2 Å². The van der Waals surface area contributed by atoms with Crippen molar-refractivity contribution in [3.05, 3.63) is 57.0 Å². The van der Waals surface area contributed by atoms with Gasteiger partial charge in [-0.05, 0) is 46.2 Å². The minimum Gasteiger partial charge on any atom is -0.356 e. The van der Waals surface area contributed by atoms with Gasteiger partial charge in [-0.3, -0.25) is 23.7 Å². The smallest absolute Gasteiger partial charge is 0.333 e. The van der Waals surface area contributed by atoms with Crippen molar-refractivity contribution >= 4 is 11.7 Å². The van der Waals surface area contributed by atoms with Crippen LogP contribution in [-0.4, -0.2) is 51.1 Å². The van der Waals surface area contributed by atoms with E-state index in [4.69, 9.17) is 0 Å².